The van der Waals surface area contributed by atoms with E-state index in [1.807, 2.05) is 6.20 Å². The van der Waals surface area contributed by atoms with E-state index in [4.69, 9.17) is 9.97 Å². The third-order valence-corrected chi connectivity index (χ3v) is 19.8. The van der Waals surface area contributed by atoms with E-state index in [1.54, 1.807) is 0 Å². The van der Waals surface area contributed by atoms with Crippen molar-refractivity contribution in [3.8, 4) is 67.5 Å². The van der Waals surface area contributed by atoms with Crippen molar-refractivity contribution in [3.05, 3.63) is 167 Å². The molecule has 0 aliphatic carbocycles. The third kappa shape index (κ3) is 10.5. The topological polar surface area (TPSA) is 50.9 Å². The minimum absolute atomic E-state index is 0.0334. The number of rotatable bonds is 8. The Bertz CT molecular complexity index is 3330. The van der Waals surface area contributed by atoms with Gasteiger partial charge in [0.1, 0.15) is 11.6 Å². The van der Waals surface area contributed by atoms with Crippen molar-refractivity contribution in [2.45, 2.75) is 169 Å². The van der Waals surface area contributed by atoms with Gasteiger partial charge in [0.2, 0.25) is 0 Å². The number of phenolic OH excluding ortho intramolecular Hbond substituents is 1. The summed E-state index contributed by atoms with van der Waals surface area (Å²) in [6.45, 7) is 46.1. The average Bonchev–Trinajstić information content (AvgIpc) is 3.69. The van der Waals surface area contributed by atoms with Crippen LogP contribution in [0.5, 0.6) is 5.75 Å². The summed E-state index contributed by atoms with van der Waals surface area (Å²) >= 11 is 0. The van der Waals surface area contributed by atoms with Crippen LogP contribution in [0.15, 0.2) is 134 Å². The number of benzene rings is 6. The first-order valence-corrected chi connectivity index (χ1v) is 30.0. The Kier molecular flexibility index (Phi) is 13.4. The van der Waals surface area contributed by atoms with Crippen molar-refractivity contribution in [2.24, 2.45) is 0 Å². The minimum Gasteiger partial charge on any atom is -0.507 e. The molecule has 0 fully saturated rings. The maximum absolute atomic E-state index is 12.8. The lowest BCUT2D eigenvalue weighted by molar-refractivity contribution is 0.446. The minimum atomic E-state index is -1.60. The summed E-state index contributed by atoms with van der Waals surface area (Å²) in [4.78, 5) is 10.9. The first-order chi connectivity index (χ1) is 33.6. The lowest BCUT2D eigenvalue weighted by Crippen LogP contribution is -2.44. The van der Waals surface area contributed by atoms with Crippen LogP contribution in [0, 0.1) is 0 Å². The molecular weight excluding hydrogens is 903 g/mol. The second-order valence-electron chi connectivity index (χ2n) is 27.6. The molecule has 2 heterocycles. The van der Waals surface area contributed by atoms with E-state index < -0.39 is 8.07 Å². The van der Waals surface area contributed by atoms with Gasteiger partial charge in [0, 0.05) is 28.5 Å². The first kappa shape index (κ1) is 53.3. The number of fused-ring (bicyclic) bond motifs is 1. The maximum Gasteiger partial charge on any atom is 0.149 e. The number of imidazole rings is 1. The summed E-state index contributed by atoms with van der Waals surface area (Å²) in [6.07, 6.45) is 2.00. The van der Waals surface area contributed by atoms with Crippen molar-refractivity contribution in [2.75, 3.05) is 0 Å². The molecule has 8 aromatic rings. The van der Waals surface area contributed by atoms with Crippen LogP contribution in [-0.4, -0.2) is 27.7 Å². The van der Waals surface area contributed by atoms with Gasteiger partial charge in [-0.2, -0.15) is 0 Å². The van der Waals surface area contributed by atoms with Crippen LogP contribution in [0.1, 0.15) is 151 Å². The fraction of sp³-hybridized carbons (Fsp3) is 0.382. The highest BCUT2D eigenvalue weighted by molar-refractivity contribution is 6.78. The molecule has 0 unspecified atom stereocenters. The number of aromatic nitrogens is 3. The average molecular weight is 987 g/mol. The van der Waals surface area contributed by atoms with Crippen LogP contribution in [0.25, 0.3) is 72.7 Å². The van der Waals surface area contributed by atoms with Crippen molar-refractivity contribution in [1.82, 2.24) is 14.5 Å². The zero-order valence-electron chi connectivity index (χ0n) is 48.0. The zero-order chi connectivity index (χ0) is 53.6. The Morgan fingerprint density at radius 3 is 1.56 bits per heavy atom. The van der Waals surface area contributed by atoms with Crippen LogP contribution in [0.2, 0.25) is 19.6 Å². The number of pyridine rings is 1. The quantitative estimate of drug-likeness (QED) is 0.154. The summed E-state index contributed by atoms with van der Waals surface area (Å²) in [5.74, 6) is 0.954. The van der Waals surface area contributed by atoms with Gasteiger partial charge in [-0.3, -0.25) is 9.55 Å². The highest BCUT2D eigenvalue weighted by Gasteiger charge is 2.37. The molecule has 1 N–H and O–H groups in total. The Labute approximate surface area is 440 Å². The molecular formula is C68H83N3OSi. The predicted octanol–water partition coefficient (Wildman–Crippen LogP) is 19.1. The van der Waals surface area contributed by atoms with E-state index in [9.17, 15) is 5.11 Å². The molecule has 0 aliphatic rings. The van der Waals surface area contributed by atoms with Crippen molar-refractivity contribution < 1.29 is 5.11 Å². The molecule has 0 amide bonds. The molecule has 6 aromatic carbocycles. The molecule has 380 valence electrons. The van der Waals surface area contributed by atoms with Crippen molar-refractivity contribution in [1.29, 1.82) is 0 Å². The highest BCUT2D eigenvalue weighted by atomic mass is 28.3. The van der Waals surface area contributed by atoms with Crippen LogP contribution in [-0.2, 0) is 32.1 Å². The SMILES string of the molecule is CC(C)(C)c1cc(-c2cc(C(C)(C)[Si](C)(C)C)ccn2)cc(-c2cccc3c2nc(-c2cc(C(C)(C)C)cc(C(C)(C)C)c2O)n3-c2ccc(-c3cc(C(C)(C)C)cc(C(C)(C)C)c3)cc2-c2ccccc2)c1. The number of hydrogen-bond donors (Lipinski definition) is 1. The molecule has 0 radical (unpaired) electrons. The van der Waals surface area contributed by atoms with Gasteiger partial charge in [-0.25, -0.2) is 4.98 Å². The smallest absolute Gasteiger partial charge is 0.149 e. The molecule has 73 heavy (non-hydrogen) atoms. The number of aromatic hydroxyl groups is 1. The summed E-state index contributed by atoms with van der Waals surface area (Å²) in [5.41, 5.74) is 18.7. The Hall–Kier alpha value is -6.04. The van der Waals surface area contributed by atoms with Crippen LogP contribution in [0.4, 0.5) is 0 Å². The fourth-order valence-electron chi connectivity index (χ4n) is 9.76. The van der Waals surface area contributed by atoms with E-state index in [0.717, 1.165) is 66.9 Å². The molecule has 0 bridgehead atoms. The number of hydrogen-bond acceptors (Lipinski definition) is 3. The molecule has 8 rings (SSSR count). The van der Waals surface area contributed by atoms with Gasteiger partial charge >= 0.3 is 0 Å². The summed E-state index contributed by atoms with van der Waals surface area (Å²) in [5, 5.41) is 12.8. The first-order valence-electron chi connectivity index (χ1n) is 26.5. The van der Waals surface area contributed by atoms with Gasteiger partial charge in [-0.1, -0.05) is 216 Å². The molecule has 0 saturated carbocycles. The number of phenols is 1. The maximum atomic E-state index is 12.8. The molecule has 0 atom stereocenters. The summed E-state index contributed by atoms with van der Waals surface area (Å²) in [7, 11) is -1.60. The lowest BCUT2D eigenvalue weighted by Gasteiger charge is -2.38. The molecule has 0 spiro atoms. The van der Waals surface area contributed by atoms with Gasteiger partial charge in [-0.15, -0.1) is 0 Å². The molecule has 4 nitrogen and oxygen atoms in total. The van der Waals surface area contributed by atoms with Crippen LogP contribution < -0.4 is 0 Å². The number of para-hydroxylation sites is 1. The standard InChI is InChI=1S/C68H83N3OSi/c1-63(2,3)49-36-46(33-47(37-49)57-42-48(31-32-69-57)68(16,17)73(18,19)20)53-27-24-28-59-60(53)70-62(55-40-52(66(10,11)12)41-56(61(55)72)67(13,14)15)71(59)58-30-29-44(38-54(58)43-25-22-21-23-26-43)45-34-50(64(4,5)6)39-51(35-45)65(7,8)9/h21-42,72H,1-20H3. The highest BCUT2D eigenvalue weighted by Crippen LogP contribution is 2.47. The fourth-order valence-corrected chi connectivity index (χ4v) is 10.8. The van der Waals surface area contributed by atoms with Gasteiger partial charge in [0.25, 0.3) is 0 Å². The number of nitrogens with zero attached hydrogens (tertiary/aromatic N) is 3. The van der Waals surface area contributed by atoms with Gasteiger partial charge in [0.15, 0.2) is 0 Å². The van der Waals surface area contributed by atoms with E-state index in [1.165, 1.54) is 27.8 Å². The summed E-state index contributed by atoms with van der Waals surface area (Å²) < 4.78 is 2.32. The predicted molar refractivity (Wildman–Crippen MR) is 318 cm³/mol. The third-order valence-electron chi connectivity index (χ3n) is 15.8. The van der Waals surface area contributed by atoms with Crippen molar-refractivity contribution >= 4 is 19.1 Å². The molecule has 0 aliphatic heterocycles. The largest absolute Gasteiger partial charge is 0.507 e. The second-order valence-corrected chi connectivity index (χ2v) is 33.4. The lowest BCUT2D eigenvalue weighted by atomic mass is 9.78. The van der Waals surface area contributed by atoms with E-state index in [2.05, 4.69) is 269 Å². The zero-order valence-corrected chi connectivity index (χ0v) is 49.0. The Morgan fingerprint density at radius 2 is 0.986 bits per heavy atom. The molecule has 2 aromatic heterocycles. The van der Waals surface area contributed by atoms with Gasteiger partial charge in [0.05, 0.1) is 36.1 Å². The Morgan fingerprint density at radius 1 is 0.425 bits per heavy atom. The van der Waals surface area contributed by atoms with Crippen LogP contribution >= 0.6 is 0 Å². The van der Waals surface area contributed by atoms with E-state index in [0.29, 0.717) is 11.4 Å². The van der Waals surface area contributed by atoms with E-state index in [-0.39, 0.29) is 37.9 Å². The summed E-state index contributed by atoms with van der Waals surface area (Å²) in [6, 6.07) is 47.4. The van der Waals surface area contributed by atoms with Crippen molar-refractivity contribution in [3.63, 3.8) is 0 Å². The molecule has 0 saturated heterocycles. The van der Waals surface area contributed by atoms with Gasteiger partial charge in [-0.05, 0) is 131 Å². The van der Waals surface area contributed by atoms with E-state index >= 15 is 0 Å². The normalized spacial score (nSPS) is 13.3. The monoisotopic (exact) mass is 986 g/mol. The van der Waals surface area contributed by atoms with Gasteiger partial charge < -0.3 is 5.11 Å². The second kappa shape index (κ2) is 18.4. The Balaban J connectivity index is 1.48. The molecule has 5 heteroatoms. The van der Waals surface area contributed by atoms with Crippen LogP contribution in [0.3, 0.4) is 0 Å².